The Morgan fingerprint density at radius 1 is 1.41 bits per heavy atom. The van der Waals surface area contributed by atoms with Crippen molar-refractivity contribution >= 4 is 6.03 Å². The van der Waals surface area contributed by atoms with Gasteiger partial charge in [-0.15, -0.1) is 0 Å². The summed E-state index contributed by atoms with van der Waals surface area (Å²) in [5.41, 5.74) is 0. The molecular formula is C12H23N3O2. The van der Waals surface area contributed by atoms with Crippen LogP contribution in [0.2, 0.25) is 0 Å². The smallest absolute Gasteiger partial charge is 0.315 e. The van der Waals surface area contributed by atoms with E-state index in [9.17, 15) is 4.79 Å². The molecule has 17 heavy (non-hydrogen) atoms. The van der Waals surface area contributed by atoms with Crippen LogP contribution in [-0.2, 0) is 4.74 Å². The molecule has 2 aliphatic rings. The van der Waals surface area contributed by atoms with Gasteiger partial charge in [-0.25, -0.2) is 4.79 Å². The van der Waals surface area contributed by atoms with Crippen LogP contribution in [0.3, 0.4) is 0 Å². The standard InChI is InChI=1S/C12H23N3O2/c1-15-6-3-2-4-11(15)8-13-12(16)14-10-5-7-17-9-10/h10-11H,2-9H2,1H3,(H2,13,14,16). The molecule has 2 rings (SSSR count). The molecule has 2 heterocycles. The molecule has 0 saturated carbocycles. The molecule has 2 saturated heterocycles. The van der Waals surface area contributed by atoms with E-state index in [1.54, 1.807) is 0 Å². The van der Waals surface area contributed by atoms with Gasteiger partial charge in [0.05, 0.1) is 12.6 Å². The molecule has 0 aromatic carbocycles. The van der Waals surface area contributed by atoms with E-state index in [2.05, 4.69) is 22.6 Å². The average Bonchev–Trinajstić information content (AvgIpc) is 2.81. The van der Waals surface area contributed by atoms with Crippen LogP contribution in [0.4, 0.5) is 4.79 Å². The lowest BCUT2D eigenvalue weighted by Gasteiger charge is -2.32. The fraction of sp³-hybridized carbons (Fsp3) is 0.917. The van der Waals surface area contributed by atoms with E-state index in [0.717, 1.165) is 26.1 Å². The number of nitrogens with one attached hydrogen (secondary N) is 2. The summed E-state index contributed by atoms with van der Waals surface area (Å²) in [6.45, 7) is 3.30. The van der Waals surface area contributed by atoms with Gasteiger partial charge < -0.3 is 20.3 Å². The number of likely N-dealkylation sites (tertiary alicyclic amines) is 1. The highest BCUT2D eigenvalue weighted by atomic mass is 16.5. The molecule has 0 bridgehead atoms. The van der Waals surface area contributed by atoms with Gasteiger partial charge in [0.1, 0.15) is 0 Å². The number of piperidine rings is 1. The van der Waals surface area contributed by atoms with Crippen LogP contribution in [-0.4, -0.2) is 56.4 Å². The predicted octanol–water partition coefficient (Wildman–Crippen LogP) is 0.559. The molecule has 2 fully saturated rings. The fourth-order valence-electron chi connectivity index (χ4n) is 2.50. The van der Waals surface area contributed by atoms with Crippen LogP contribution < -0.4 is 10.6 Å². The van der Waals surface area contributed by atoms with Gasteiger partial charge in [0.2, 0.25) is 0 Å². The summed E-state index contributed by atoms with van der Waals surface area (Å²) in [4.78, 5) is 14.0. The Morgan fingerprint density at radius 3 is 3.00 bits per heavy atom. The second kappa shape index (κ2) is 6.21. The van der Waals surface area contributed by atoms with E-state index in [1.165, 1.54) is 19.3 Å². The molecular weight excluding hydrogens is 218 g/mol. The number of nitrogens with zero attached hydrogens (tertiary/aromatic N) is 1. The summed E-state index contributed by atoms with van der Waals surface area (Å²) in [5.74, 6) is 0. The molecule has 0 aromatic heterocycles. The minimum absolute atomic E-state index is 0.0560. The van der Waals surface area contributed by atoms with Crippen molar-refractivity contribution in [3.8, 4) is 0 Å². The number of carbonyl (C=O) groups excluding carboxylic acids is 1. The monoisotopic (exact) mass is 241 g/mol. The third-order valence-electron chi connectivity index (χ3n) is 3.68. The molecule has 0 aliphatic carbocycles. The van der Waals surface area contributed by atoms with Crippen LogP contribution in [0.1, 0.15) is 25.7 Å². The number of rotatable bonds is 3. The van der Waals surface area contributed by atoms with Gasteiger partial charge in [0.25, 0.3) is 0 Å². The zero-order chi connectivity index (χ0) is 12.1. The first-order valence-electron chi connectivity index (χ1n) is 6.58. The summed E-state index contributed by atoms with van der Waals surface area (Å²) >= 11 is 0. The Hall–Kier alpha value is -0.810. The van der Waals surface area contributed by atoms with E-state index in [-0.39, 0.29) is 12.1 Å². The highest BCUT2D eigenvalue weighted by molar-refractivity contribution is 5.74. The molecule has 0 spiro atoms. The quantitative estimate of drug-likeness (QED) is 0.759. The Balaban J connectivity index is 1.64. The first-order valence-corrected chi connectivity index (χ1v) is 6.58. The Kier molecular flexibility index (Phi) is 4.62. The molecule has 5 nitrogen and oxygen atoms in total. The first kappa shape index (κ1) is 12.6. The third kappa shape index (κ3) is 3.85. The van der Waals surface area contributed by atoms with E-state index >= 15 is 0 Å². The summed E-state index contributed by atoms with van der Waals surface area (Å²) in [6.07, 6.45) is 4.66. The lowest BCUT2D eigenvalue weighted by atomic mass is 10.0. The maximum absolute atomic E-state index is 11.7. The topological polar surface area (TPSA) is 53.6 Å². The fourth-order valence-corrected chi connectivity index (χ4v) is 2.50. The molecule has 2 amide bonds. The molecule has 0 aromatic rings. The van der Waals surface area contributed by atoms with E-state index in [0.29, 0.717) is 12.6 Å². The molecule has 5 heteroatoms. The minimum Gasteiger partial charge on any atom is -0.379 e. The number of hydrogen-bond donors (Lipinski definition) is 2. The lowest BCUT2D eigenvalue weighted by molar-refractivity contribution is 0.177. The van der Waals surface area contributed by atoms with Crippen molar-refractivity contribution in [3.63, 3.8) is 0 Å². The van der Waals surface area contributed by atoms with E-state index in [1.807, 2.05) is 0 Å². The van der Waals surface area contributed by atoms with Crippen molar-refractivity contribution in [1.29, 1.82) is 0 Å². The zero-order valence-corrected chi connectivity index (χ0v) is 10.6. The average molecular weight is 241 g/mol. The highest BCUT2D eigenvalue weighted by Crippen LogP contribution is 2.13. The van der Waals surface area contributed by atoms with Crippen molar-refractivity contribution < 1.29 is 9.53 Å². The Labute approximate surface area is 103 Å². The molecule has 98 valence electrons. The van der Waals surface area contributed by atoms with Gasteiger partial charge in [-0.3, -0.25) is 0 Å². The first-order chi connectivity index (χ1) is 8.25. The second-order valence-electron chi connectivity index (χ2n) is 5.05. The van der Waals surface area contributed by atoms with Gasteiger partial charge in [-0.1, -0.05) is 6.42 Å². The lowest BCUT2D eigenvalue weighted by Crippen LogP contribution is -2.49. The Bertz CT molecular complexity index is 254. The van der Waals surface area contributed by atoms with Crippen molar-refractivity contribution in [2.75, 3.05) is 33.4 Å². The summed E-state index contributed by atoms with van der Waals surface area (Å²) in [5, 5.41) is 5.90. The molecule has 2 unspecified atom stereocenters. The molecule has 2 N–H and O–H groups in total. The van der Waals surface area contributed by atoms with Crippen LogP contribution in [0.25, 0.3) is 0 Å². The summed E-state index contributed by atoms with van der Waals surface area (Å²) in [7, 11) is 2.13. The predicted molar refractivity (Wildman–Crippen MR) is 66.0 cm³/mol. The van der Waals surface area contributed by atoms with Crippen LogP contribution in [0.15, 0.2) is 0 Å². The van der Waals surface area contributed by atoms with Crippen LogP contribution in [0, 0.1) is 0 Å². The summed E-state index contributed by atoms with van der Waals surface area (Å²) < 4.78 is 5.22. The minimum atomic E-state index is -0.0560. The van der Waals surface area contributed by atoms with Crippen molar-refractivity contribution in [3.05, 3.63) is 0 Å². The molecule has 0 radical (unpaired) electrons. The number of urea groups is 1. The largest absolute Gasteiger partial charge is 0.379 e. The number of amides is 2. The van der Waals surface area contributed by atoms with Crippen LogP contribution >= 0.6 is 0 Å². The van der Waals surface area contributed by atoms with Gasteiger partial charge >= 0.3 is 6.03 Å². The van der Waals surface area contributed by atoms with Crippen molar-refractivity contribution in [2.45, 2.75) is 37.8 Å². The highest BCUT2D eigenvalue weighted by Gasteiger charge is 2.21. The number of ether oxygens (including phenoxy) is 1. The maximum atomic E-state index is 11.7. The van der Waals surface area contributed by atoms with Crippen LogP contribution in [0.5, 0.6) is 0 Å². The van der Waals surface area contributed by atoms with Crippen molar-refractivity contribution in [2.24, 2.45) is 0 Å². The SMILES string of the molecule is CN1CCCCC1CNC(=O)NC1CCOC1. The van der Waals surface area contributed by atoms with E-state index in [4.69, 9.17) is 4.74 Å². The van der Waals surface area contributed by atoms with Gasteiger partial charge in [0, 0.05) is 19.2 Å². The number of hydrogen-bond acceptors (Lipinski definition) is 3. The van der Waals surface area contributed by atoms with Gasteiger partial charge in [0.15, 0.2) is 0 Å². The Morgan fingerprint density at radius 2 is 2.29 bits per heavy atom. The number of likely N-dealkylation sites (N-methyl/N-ethyl adjacent to an activating group) is 1. The van der Waals surface area contributed by atoms with Gasteiger partial charge in [-0.2, -0.15) is 0 Å². The third-order valence-corrected chi connectivity index (χ3v) is 3.68. The molecule has 2 atom stereocenters. The number of carbonyl (C=O) groups is 1. The maximum Gasteiger partial charge on any atom is 0.315 e. The summed E-state index contributed by atoms with van der Waals surface area (Å²) in [6, 6.07) is 0.632. The molecule has 2 aliphatic heterocycles. The normalized spacial score (nSPS) is 30.2. The van der Waals surface area contributed by atoms with Gasteiger partial charge in [-0.05, 0) is 32.9 Å². The van der Waals surface area contributed by atoms with E-state index < -0.39 is 0 Å². The second-order valence-corrected chi connectivity index (χ2v) is 5.05. The zero-order valence-electron chi connectivity index (χ0n) is 10.6. The van der Waals surface area contributed by atoms with Crippen molar-refractivity contribution in [1.82, 2.24) is 15.5 Å².